The number of carbonyl (C=O) groups is 1. The van der Waals surface area contributed by atoms with Gasteiger partial charge in [-0.2, -0.15) is 0 Å². The maximum Gasteiger partial charge on any atom is 0.300 e. The van der Waals surface area contributed by atoms with Crippen LogP contribution in [-0.4, -0.2) is 45.5 Å². The highest BCUT2D eigenvalue weighted by atomic mass is 16.6. The van der Waals surface area contributed by atoms with Crippen LogP contribution in [0.4, 0.5) is 11.5 Å². The van der Waals surface area contributed by atoms with Crippen LogP contribution in [0.1, 0.15) is 23.7 Å². The van der Waals surface area contributed by atoms with Crippen molar-refractivity contribution in [2.24, 2.45) is 0 Å². The summed E-state index contributed by atoms with van der Waals surface area (Å²) in [5.41, 5.74) is 4.95. The van der Waals surface area contributed by atoms with Crippen molar-refractivity contribution < 1.29 is 14.8 Å². The largest absolute Gasteiger partial charge is 0.393 e. The Balaban J connectivity index is 2.98. The van der Waals surface area contributed by atoms with E-state index in [1.165, 1.54) is 18.0 Å². The second-order valence-corrected chi connectivity index (χ2v) is 4.25. The number of carbonyl (C=O) groups excluding carboxylic acids is 1. The lowest BCUT2D eigenvalue weighted by Crippen LogP contribution is -2.30. The van der Waals surface area contributed by atoms with Gasteiger partial charge in [-0.05, 0) is 19.4 Å². The molecule has 1 aromatic rings. The number of hydrogen-bond donors (Lipinski definition) is 2. The van der Waals surface area contributed by atoms with E-state index in [1.54, 1.807) is 6.92 Å². The maximum absolute atomic E-state index is 12.1. The Labute approximate surface area is 110 Å². The van der Waals surface area contributed by atoms with Gasteiger partial charge in [-0.1, -0.05) is 0 Å². The SMILES string of the molecule is CC(O)CCN(C)C(=O)c1cc(N)ncc1[N+](=O)[O-]. The fourth-order valence-corrected chi connectivity index (χ4v) is 1.47. The number of aliphatic hydroxyl groups is 1. The first kappa shape index (κ1) is 14.8. The molecule has 1 aromatic heterocycles. The molecule has 0 aliphatic carbocycles. The summed E-state index contributed by atoms with van der Waals surface area (Å²) in [5.74, 6) is -0.487. The third-order valence-corrected chi connectivity index (χ3v) is 2.56. The lowest BCUT2D eigenvalue weighted by Gasteiger charge is -2.18. The van der Waals surface area contributed by atoms with Gasteiger partial charge in [0, 0.05) is 13.6 Å². The highest BCUT2D eigenvalue weighted by molar-refractivity contribution is 5.98. The van der Waals surface area contributed by atoms with Crippen molar-refractivity contribution in [3.8, 4) is 0 Å². The number of pyridine rings is 1. The van der Waals surface area contributed by atoms with Gasteiger partial charge in [-0.25, -0.2) is 4.98 Å². The number of aliphatic hydroxyl groups excluding tert-OH is 1. The number of amides is 1. The van der Waals surface area contributed by atoms with E-state index in [1.807, 2.05) is 0 Å². The molecule has 0 bridgehead atoms. The minimum Gasteiger partial charge on any atom is -0.393 e. The van der Waals surface area contributed by atoms with Gasteiger partial charge in [-0.3, -0.25) is 14.9 Å². The molecule has 0 saturated carbocycles. The molecule has 3 N–H and O–H groups in total. The Morgan fingerprint density at radius 2 is 2.32 bits per heavy atom. The van der Waals surface area contributed by atoms with E-state index < -0.39 is 16.9 Å². The molecule has 0 fully saturated rings. The van der Waals surface area contributed by atoms with Gasteiger partial charge in [0.15, 0.2) is 0 Å². The van der Waals surface area contributed by atoms with Crippen molar-refractivity contribution in [3.63, 3.8) is 0 Å². The van der Waals surface area contributed by atoms with Gasteiger partial charge in [0.1, 0.15) is 17.6 Å². The van der Waals surface area contributed by atoms with Gasteiger partial charge < -0.3 is 15.7 Å². The van der Waals surface area contributed by atoms with Crippen LogP contribution >= 0.6 is 0 Å². The predicted molar refractivity (Wildman–Crippen MR) is 68.6 cm³/mol. The number of rotatable bonds is 5. The Morgan fingerprint density at radius 1 is 1.68 bits per heavy atom. The van der Waals surface area contributed by atoms with E-state index in [0.717, 1.165) is 6.20 Å². The van der Waals surface area contributed by atoms with Crippen molar-refractivity contribution in [3.05, 3.63) is 27.9 Å². The molecular weight excluding hydrogens is 252 g/mol. The van der Waals surface area contributed by atoms with Crippen molar-refractivity contribution >= 4 is 17.4 Å². The quantitative estimate of drug-likeness (QED) is 0.589. The monoisotopic (exact) mass is 268 g/mol. The van der Waals surface area contributed by atoms with Crippen molar-refractivity contribution in [2.75, 3.05) is 19.3 Å². The van der Waals surface area contributed by atoms with Crippen LogP contribution in [0.3, 0.4) is 0 Å². The van der Waals surface area contributed by atoms with E-state index in [2.05, 4.69) is 4.98 Å². The molecule has 0 radical (unpaired) electrons. The van der Waals surface area contributed by atoms with E-state index in [-0.39, 0.29) is 23.6 Å². The van der Waals surface area contributed by atoms with E-state index >= 15 is 0 Å². The molecule has 0 saturated heterocycles. The maximum atomic E-state index is 12.1. The molecule has 0 aromatic carbocycles. The highest BCUT2D eigenvalue weighted by Crippen LogP contribution is 2.20. The molecule has 1 rings (SSSR count). The van der Waals surface area contributed by atoms with Crippen LogP contribution in [0.5, 0.6) is 0 Å². The smallest absolute Gasteiger partial charge is 0.300 e. The molecule has 0 aliphatic heterocycles. The van der Waals surface area contributed by atoms with Gasteiger partial charge in [0.25, 0.3) is 11.6 Å². The zero-order chi connectivity index (χ0) is 14.6. The van der Waals surface area contributed by atoms with Crippen molar-refractivity contribution in [2.45, 2.75) is 19.4 Å². The second kappa shape index (κ2) is 6.10. The standard InChI is InChI=1S/C11H16N4O4/c1-7(16)3-4-14(2)11(17)8-5-10(12)13-6-9(8)15(18)19/h5-7,16H,3-4H2,1-2H3,(H2,12,13). The first-order valence-corrected chi connectivity index (χ1v) is 5.66. The molecule has 104 valence electrons. The van der Waals surface area contributed by atoms with Crippen molar-refractivity contribution in [1.29, 1.82) is 0 Å². The summed E-state index contributed by atoms with van der Waals surface area (Å²) in [6, 6.07) is 1.18. The second-order valence-electron chi connectivity index (χ2n) is 4.25. The third-order valence-electron chi connectivity index (χ3n) is 2.56. The summed E-state index contributed by atoms with van der Waals surface area (Å²) < 4.78 is 0. The van der Waals surface area contributed by atoms with Crippen LogP contribution in [0.2, 0.25) is 0 Å². The molecule has 19 heavy (non-hydrogen) atoms. The predicted octanol–water partition coefficient (Wildman–Crippen LogP) is 0.415. The number of aromatic nitrogens is 1. The summed E-state index contributed by atoms with van der Waals surface area (Å²) in [7, 11) is 1.51. The minimum atomic E-state index is -0.678. The number of nitrogen functional groups attached to an aromatic ring is 1. The number of anilines is 1. The van der Waals surface area contributed by atoms with Gasteiger partial charge in [-0.15, -0.1) is 0 Å². The van der Waals surface area contributed by atoms with E-state index in [9.17, 15) is 14.9 Å². The molecule has 1 amide bonds. The number of hydrogen-bond acceptors (Lipinski definition) is 6. The van der Waals surface area contributed by atoms with Gasteiger partial charge in [0.05, 0.1) is 11.0 Å². The molecular formula is C11H16N4O4. The zero-order valence-electron chi connectivity index (χ0n) is 10.7. The summed E-state index contributed by atoms with van der Waals surface area (Å²) >= 11 is 0. The third kappa shape index (κ3) is 3.88. The van der Waals surface area contributed by atoms with Gasteiger partial charge in [0.2, 0.25) is 0 Å². The van der Waals surface area contributed by atoms with Crippen LogP contribution in [0.15, 0.2) is 12.3 Å². The Bertz CT molecular complexity index is 490. The summed E-state index contributed by atoms with van der Waals surface area (Å²) in [6.07, 6.45) is 0.801. The van der Waals surface area contributed by atoms with Gasteiger partial charge >= 0.3 is 0 Å². The van der Waals surface area contributed by atoms with Crippen molar-refractivity contribution in [1.82, 2.24) is 9.88 Å². The minimum absolute atomic E-state index is 0.0397. The summed E-state index contributed by atoms with van der Waals surface area (Å²) in [5, 5.41) is 20.0. The Kier molecular flexibility index (Phi) is 4.76. The topological polar surface area (TPSA) is 123 Å². The Morgan fingerprint density at radius 3 is 2.84 bits per heavy atom. The van der Waals surface area contributed by atoms with Crippen LogP contribution < -0.4 is 5.73 Å². The molecule has 0 spiro atoms. The summed E-state index contributed by atoms with van der Waals surface area (Å²) in [4.78, 5) is 27.2. The molecule has 8 heteroatoms. The number of nitrogens with zero attached hydrogens (tertiary/aromatic N) is 3. The highest BCUT2D eigenvalue weighted by Gasteiger charge is 2.23. The lowest BCUT2D eigenvalue weighted by atomic mass is 10.2. The first-order chi connectivity index (χ1) is 8.82. The Hall–Kier alpha value is -2.22. The zero-order valence-corrected chi connectivity index (χ0v) is 10.7. The van der Waals surface area contributed by atoms with E-state index in [0.29, 0.717) is 6.42 Å². The molecule has 8 nitrogen and oxygen atoms in total. The fourth-order valence-electron chi connectivity index (χ4n) is 1.47. The summed E-state index contributed by atoms with van der Waals surface area (Å²) in [6.45, 7) is 1.89. The molecule has 1 heterocycles. The van der Waals surface area contributed by atoms with Crippen LogP contribution in [-0.2, 0) is 0 Å². The molecule has 0 aliphatic rings. The number of nitrogens with two attached hydrogens (primary N) is 1. The van der Waals surface area contributed by atoms with E-state index in [4.69, 9.17) is 10.8 Å². The van der Waals surface area contributed by atoms with Crippen LogP contribution in [0.25, 0.3) is 0 Å². The average Bonchev–Trinajstić information content (AvgIpc) is 2.34. The van der Waals surface area contributed by atoms with Crippen LogP contribution in [0, 0.1) is 10.1 Å². The normalized spacial score (nSPS) is 11.9. The molecule has 1 unspecified atom stereocenters. The number of nitro groups is 1. The molecule has 1 atom stereocenters. The first-order valence-electron chi connectivity index (χ1n) is 5.66. The fraction of sp³-hybridized carbons (Fsp3) is 0.455. The lowest BCUT2D eigenvalue weighted by molar-refractivity contribution is -0.385. The average molecular weight is 268 g/mol.